The van der Waals surface area contributed by atoms with Gasteiger partial charge in [-0.25, -0.2) is 0 Å². The van der Waals surface area contributed by atoms with E-state index in [-0.39, 0.29) is 0 Å². The highest BCUT2D eigenvalue weighted by molar-refractivity contribution is 5.80. The maximum absolute atomic E-state index is 11.3. The second-order valence-electron chi connectivity index (χ2n) is 5.50. The summed E-state index contributed by atoms with van der Waals surface area (Å²) in [5, 5.41) is 9.28. The molecule has 1 heterocycles. The van der Waals surface area contributed by atoms with Gasteiger partial charge in [-0.2, -0.15) is 0 Å². The van der Waals surface area contributed by atoms with Crippen LogP contribution in [0.4, 0.5) is 5.69 Å². The summed E-state index contributed by atoms with van der Waals surface area (Å²) in [7, 11) is 0. The molecule has 1 aliphatic heterocycles. The number of hydrogen-bond donors (Lipinski definition) is 1. The summed E-state index contributed by atoms with van der Waals surface area (Å²) < 4.78 is 0. The zero-order valence-corrected chi connectivity index (χ0v) is 11.4. The quantitative estimate of drug-likeness (QED) is 0.895. The van der Waals surface area contributed by atoms with E-state index in [0.717, 1.165) is 13.1 Å². The number of benzene rings is 1. The van der Waals surface area contributed by atoms with Crippen molar-refractivity contribution in [2.75, 3.05) is 18.0 Å². The molecule has 2 aliphatic rings. The van der Waals surface area contributed by atoms with Crippen LogP contribution in [-0.2, 0) is 4.79 Å². The Morgan fingerprint density at radius 3 is 2.15 bits per heavy atom. The van der Waals surface area contributed by atoms with E-state index in [0.29, 0.717) is 0 Å². The maximum Gasteiger partial charge on any atom is 0.317 e. The van der Waals surface area contributed by atoms with Crippen LogP contribution in [0.5, 0.6) is 0 Å². The van der Waals surface area contributed by atoms with Crippen molar-refractivity contribution < 1.29 is 9.90 Å². The molecule has 102 valence electrons. The predicted molar refractivity (Wildman–Crippen MR) is 79.7 cm³/mol. The van der Waals surface area contributed by atoms with Gasteiger partial charge >= 0.3 is 5.97 Å². The third-order valence-corrected chi connectivity index (χ3v) is 3.98. The molecule has 0 fully saturated rings. The Labute approximate surface area is 118 Å². The van der Waals surface area contributed by atoms with Gasteiger partial charge in [-0.05, 0) is 30.2 Å². The van der Waals surface area contributed by atoms with Gasteiger partial charge in [0.1, 0.15) is 5.41 Å². The van der Waals surface area contributed by atoms with E-state index < -0.39 is 11.4 Å². The third-order valence-electron chi connectivity index (χ3n) is 3.98. The van der Waals surface area contributed by atoms with E-state index in [1.54, 1.807) is 19.1 Å². The lowest BCUT2D eigenvalue weighted by Gasteiger charge is -2.19. The fourth-order valence-electron chi connectivity index (χ4n) is 2.56. The maximum atomic E-state index is 11.3. The first kappa shape index (κ1) is 12.7. The number of aliphatic carboxylic acids is 1. The first-order valence-corrected chi connectivity index (χ1v) is 6.72. The van der Waals surface area contributed by atoms with Gasteiger partial charge in [0.05, 0.1) is 0 Å². The van der Waals surface area contributed by atoms with Gasteiger partial charge in [0, 0.05) is 18.8 Å². The Morgan fingerprint density at radius 1 is 1.10 bits per heavy atom. The van der Waals surface area contributed by atoms with Crippen molar-refractivity contribution in [1.29, 1.82) is 0 Å². The molecule has 1 aromatic carbocycles. The summed E-state index contributed by atoms with van der Waals surface area (Å²) in [6.45, 7) is 3.38. The van der Waals surface area contributed by atoms with Crippen LogP contribution in [0, 0.1) is 5.41 Å². The summed E-state index contributed by atoms with van der Waals surface area (Å²) in [6.07, 6.45) is 7.49. The van der Waals surface area contributed by atoms with Crippen LogP contribution in [0.15, 0.2) is 65.8 Å². The van der Waals surface area contributed by atoms with E-state index >= 15 is 0 Å². The third kappa shape index (κ3) is 2.16. The SMILES string of the molecule is CC1(C(=O)O)C=CC2=C(C=C1)CN(c1ccccc1)C2. The normalized spacial score (nSPS) is 19.9. The van der Waals surface area contributed by atoms with Gasteiger partial charge in [-0.3, -0.25) is 4.79 Å². The lowest BCUT2D eigenvalue weighted by Crippen LogP contribution is -2.23. The topological polar surface area (TPSA) is 40.5 Å². The molecule has 1 N–H and O–H groups in total. The monoisotopic (exact) mass is 267 g/mol. The molecule has 0 atom stereocenters. The first-order chi connectivity index (χ1) is 9.58. The van der Waals surface area contributed by atoms with E-state index in [9.17, 15) is 9.90 Å². The molecule has 1 aliphatic carbocycles. The second-order valence-corrected chi connectivity index (χ2v) is 5.50. The standard InChI is InChI=1S/C17H17NO2/c1-17(16(19)20)9-7-13-11-18(12-14(13)8-10-17)15-5-3-2-4-6-15/h2-10H,11-12H2,1H3,(H,19,20). The minimum atomic E-state index is -0.901. The molecule has 0 spiro atoms. The highest BCUT2D eigenvalue weighted by atomic mass is 16.4. The number of rotatable bonds is 2. The van der Waals surface area contributed by atoms with E-state index in [2.05, 4.69) is 17.0 Å². The highest BCUT2D eigenvalue weighted by Crippen LogP contribution is 2.32. The smallest absolute Gasteiger partial charge is 0.317 e. The molecule has 3 nitrogen and oxygen atoms in total. The number of nitrogens with zero attached hydrogens (tertiary/aromatic N) is 1. The minimum absolute atomic E-state index is 0.814. The van der Waals surface area contributed by atoms with Crippen LogP contribution in [-0.4, -0.2) is 24.2 Å². The zero-order valence-electron chi connectivity index (χ0n) is 11.4. The Balaban J connectivity index is 1.83. The Bertz CT molecular complexity index is 600. The van der Waals surface area contributed by atoms with Crippen LogP contribution < -0.4 is 4.90 Å². The van der Waals surface area contributed by atoms with Crippen molar-refractivity contribution in [3.63, 3.8) is 0 Å². The van der Waals surface area contributed by atoms with Crippen LogP contribution >= 0.6 is 0 Å². The van der Waals surface area contributed by atoms with Gasteiger partial charge in [-0.1, -0.05) is 42.5 Å². The van der Waals surface area contributed by atoms with Crippen molar-refractivity contribution in [2.45, 2.75) is 6.92 Å². The van der Waals surface area contributed by atoms with E-state index in [4.69, 9.17) is 0 Å². The average Bonchev–Trinajstić information content (AvgIpc) is 2.80. The number of carboxylic acid groups (broad SMARTS) is 1. The largest absolute Gasteiger partial charge is 0.480 e. The lowest BCUT2D eigenvalue weighted by atomic mass is 9.90. The summed E-state index contributed by atoms with van der Waals surface area (Å²) in [6, 6.07) is 10.3. The summed E-state index contributed by atoms with van der Waals surface area (Å²) in [5.74, 6) is -0.814. The average molecular weight is 267 g/mol. The van der Waals surface area contributed by atoms with Crippen LogP contribution in [0.2, 0.25) is 0 Å². The van der Waals surface area contributed by atoms with Gasteiger partial charge in [0.15, 0.2) is 0 Å². The van der Waals surface area contributed by atoms with E-state index in [1.807, 2.05) is 30.4 Å². The Kier molecular flexibility index (Phi) is 2.97. The highest BCUT2D eigenvalue weighted by Gasteiger charge is 2.30. The number of hydrogen-bond acceptors (Lipinski definition) is 2. The molecule has 3 rings (SSSR count). The van der Waals surface area contributed by atoms with Gasteiger partial charge in [0.25, 0.3) is 0 Å². The van der Waals surface area contributed by atoms with Gasteiger partial charge < -0.3 is 10.0 Å². The van der Waals surface area contributed by atoms with Gasteiger partial charge in [-0.15, -0.1) is 0 Å². The molecule has 0 saturated heterocycles. The number of carboxylic acids is 1. The number of para-hydroxylation sites is 1. The predicted octanol–water partition coefficient (Wildman–Crippen LogP) is 3.02. The Hall–Kier alpha value is -2.29. The van der Waals surface area contributed by atoms with Crippen LogP contribution in [0.25, 0.3) is 0 Å². The molecule has 1 aromatic rings. The molecule has 20 heavy (non-hydrogen) atoms. The van der Waals surface area contributed by atoms with E-state index in [1.165, 1.54) is 16.8 Å². The van der Waals surface area contributed by atoms with Crippen molar-refractivity contribution in [2.24, 2.45) is 5.41 Å². The second kappa shape index (κ2) is 4.67. The Morgan fingerprint density at radius 2 is 1.65 bits per heavy atom. The van der Waals surface area contributed by atoms with Crippen molar-refractivity contribution in [1.82, 2.24) is 0 Å². The molecular formula is C17H17NO2. The van der Waals surface area contributed by atoms with Crippen molar-refractivity contribution in [3.05, 3.63) is 65.8 Å². The molecule has 0 aromatic heterocycles. The number of anilines is 1. The summed E-state index contributed by atoms with van der Waals surface area (Å²) in [4.78, 5) is 13.6. The molecular weight excluding hydrogens is 250 g/mol. The van der Waals surface area contributed by atoms with Crippen LogP contribution in [0.1, 0.15) is 6.92 Å². The molecule has 0 amide bonds. The van der Waals surface area contributed by atoms with Crippen molar-refractivity contribution in [3.8, 4) is 0 Å². The van der Waals surface area contributed by atoms with Gasteiger partial charge in [0.2, 0.25) is 0 Å². The van der Waals surface area contributed by atoms with Crippen molar-refractivity contribution >= 4 is 11.7 Å². The molecule has 3 heteroatoms. The molecule has 0 unspecified atom stereocenters. The summed E-state index contributed by atoms with van der Waals surface area (Å²) in [5.41, 5.74) is 2.70. The first-order valence-electron chi connectivity index (χ1n) is 6.72. The molecule has 0 saturated carbocycles. The zero-order chi connectivity index (χ0) is 14.2. The molecule has 0 radical (unpaired) electrons. The fourth-order valence-corrected chi connectivity index (χ4v) is 2.56. The minimum Gasteiger partial charge on any atom is -0.480 e. The summed E-state index contributed by atoms with van der Waals surface area (Å²) >= 11 is 0. The fraction of sp³-hybridized carbons (Fsp3) is 0.235. The number of carbonyl (C=O) groups is 1. The lowest BCUT2D eigenvalue weighted by molar-refractivity contribution is -0.142. The van der Waals surface area contributed by atoms with Crippen LogP contribution in [0.3, 0.4) is 0 Å². The molecule has 0 bridgehead atoms.